The van der Waals surface area contributed by atoms with E-state index in [0.717, 1.165) is 13.0 Å². The number of nitrogens with one attached hydrogen (secondary N) is 2. The standard InChI is InChI=1S/C17H20N8O2S/c1-24-17(21-22-23-24)28-12-15(26)20-14-6-4-13(5-7-14)16(27)18-8-2-10-25-11-3-9-19-25/h3-7,9,11H,2,8,10,12H2,1H3,(H,18,27)(H,20,26). The zero-order chi connectivity index (χ0) is 19.8. The maximum atomic E-state index is 12.2. The summed E-state index contributed by atoms with van der Waals surface area (Å²) < 4.78 is 3.32. The van der Waals surface area contributed by atoms with E-state index in [2.05, 4.69) is 31.3 Å². The van der Waals surface area contributed by atoms with E-state index >= 15 is 0 Å². The van der Waals surface area contributed by atoms with Crippen molar-refractivity contribution in [2.75, 3.05) is 17.6 Å². The Kier molecular flexibility index (Phi) is 6.73. The number of tetrazole rings is 1. The number of aryl methyl sites for hydroxylation is 2. The fourth-order valence-electron chi connectivity index (χ4n) is 2.35. The van der Waals surface area contributed by atoms with Gasteiger partial charge in [-0.25, -0.2) is 4.68 Å². The molecule has 0 saturated carbocycles. The van der Waals surface area contributed by atoms with Gasteiger partial charge in [0.15, 0.2) is 0 Å². The first-order valence-electron chi connectivity index (χ1n) is 8.62. The van der Waals surface area contributed by atoms with E-state index < -0.39 is 0 Å². The summed E-state index contributed by atoms with van der Waals surface area (Å²) in [5.74, 6) is -0.139. The van der Waals surface area contributed by atoms with Crippen LogP contribution in [-0.2, 0) is 18.4 Å². The van der Waals surface area contributed by atoms with Gasteiger partial charge in [-0.3, -0.25) is 14.3 Å². The van der Waals surface area contributed by atoms with Gasteiger partial charge < -0.3 is 10.6 Å². The maximum absolute atomic E-state index is 12.2. The van der Waals surface area contributed by atoms with Crippen molar-refractivity contribution in [1.29, 1.82) is 0 Å². The number of anilines is 1. The number of hydrogen-bond acceptors (Lipinski definition) is 7. The Morgan fingerprint density at radius 1 is 1.21 bits per heavy atom. The third-order valence-corrected chi connectivity index (χ3v) is 4.76. The fourth-order valence-corrected chi connectivity index (χ4v) is 3.00. The topological polar surface area (TPSA) is 120 Å². The molecule has 2 amide bonds. The average Bonchev–Trinajstić information content (AvgIpc) is 3.35. The SMILES string of the molecule is Cn1nnnc1SCC(=O)Nc1ccc(C(=O)NCCCn2cccn2)cc1. The van der Waals surface area contributed by atoms with Gasteiger partial charge in [0.2, 0.25) is 11.1 Å². The first kappa shape index (κ1) is 19.5. The van der Waals surface area contributed by atoms with Crippen LogP contribution in [0.3, 0.4) is 0 Å². The maximum Gasteiger partial charge on any atom is 0.251 e. The van der Waals surface area contributed by atoms with Crippen LogP contribution in [0.5, 0.6) is 0 Å². The van der Waals surface area contributed by atoms with Crippen molar-refractivity contribution >= 4 is 29.3 Å². The Balaban J connectivity index is 1.40. The highest BCUT2D eigenvalue weighted by Crippen LogP contribution is 2.14. The quantitative estimate of drug-likeness (QED) is 0.405. The number of rotatable bonds is 9. The molecule has 0 fully saturated rings. The zero-order valence-corrected chi connectivity index (χ0v) is 16.1. The monoisotopic (exact) mass is 400 g/mol. The van der Waals surface area contributed by atoms with Gasteiger partial charge in [-0.15, -0.1) is 5.10 Å². The third kappa shape index (κ3) is 5.64. The molecular formula is C17H20N8O2S. The van der Waals surface area contributed by atoms with Crippen LogP contribution < -0.4 is 10.6 Å². The lowest BCUT2D eigenvalue weighted by atomic mass is 10.2. The van der Waals surface area contributed by atoms with Crippen molar-refractivity contribution in [2.45, 2.75) is 18.1 Å². The molecule has 1 aromatic carbocycles. The molecule has 0 aliphatic heterocycles. The molecule has 0 saturated heterocycles. The normalized spacial score (nSPS) is 10.6. The number of carbonyl (C=O) groups excluding carboxylic acids is 2. The van der Waals surface area contributed by atoms with Crippen molar-refractivity contribution in [3.63, 3.8) is 0 Å². The van der Waals surface area contributed by atoms with Crippen LogP contribution >= 0.6 is 11.8 Å². The van der Waals surface area contributed by atoms with Gasteiger partial charge in [0.05, 0.1) is 5.75 Å². The number of amides is 2. The van der Waals surface area contributed by atoms with Gasteiger partial charge in [-0.05, 0) is 47.2 Å². The predicted octanol–water partition coefficient (Wildman–Crippen LogP) is 0.957. The minimum atomic E-state index is -0.177. The van der Waals surface area contributed by atoms with Crippen molar-refractivity contribution in [2.24, 2.45) is 7.05 Å². The van der Waals surface area contributed by atoms with Gasteiger partial charge in [0.1, 0.15) is 0 Å². The van der Waals surface area contributed by atoms with Crippen LogP contribution in [0.1, 0.15) is 16.8 Å². The lowest BCUT2D eigenvalue weighted by Crippen LogP contribution is -2.25. The Bertz CT molecular complexity index is 908. The number of hydrogen-bond donors (Lipinski definition) is 2. The fraction of sp³-hybridized carbons (Fsp3) is 0.294. The minimum Gasteiger partial charge on any atom is -0.352 e. The van der Waals surface area contributed by atoms with Crippen LogP contribution in [-0.4, -0.2) is 54.1 Å². The lowest BCUT2D eigenvalue weighted by molar-refractivity contribution is -0.113. The van der Waals surface area contributed by atoms with E-state index in [1.165, 1.54) is 16.4 Å². The molecule has 0 bridgehead atoms. The summed E-state index contributed by atoms with van der Waals surface area (Å²) in [5, 5.41) is 21.4. The number of benzene rings is 1. The van der Waals surface area contributed by atoms with E-state index in [1.54, 1.807) is 37.5 Å². The highest BCUT2D eigenvalue weighted by molar-refractivity contribution is 7.99. The summed E-state index contributed by atoms with van der Waals surface area (Å²) in [7, 11) is 1.71. The molecule has 0 radical (unpaired) electrons. The summed E-state index contributed by atoms with van der Waals surface area (Å²) in [6, 6.07) is 8.62. The minimum absolute atomic E-state index is 0.149. The van der Waals surface area contributed by atoms with Crippen molar-refractivity contribution in [3.05, 3.63) is 48.3 Å². The molecule has 3 rings (SSSR count). The Morgan fingerprint density at radius 3 is 2.71 bits per heavy atom. The van der Waals surface area contributed by atoms with E-state index in [1.807, 2.05) is 16.9 Å². The number of aromatic nitrogens is 6. The summed E-state index contributed by atoms with van der Waals surface area (Å²) >= 11 is 1.24. The number of nitrogens with zero attached hydrogens (tertiary/aromatic N) is 6. The molecule has 2 N–H and O–H groups in total. The molecule has 11 heteroatoms. The van der Waals surface area contributed by atoms with Crippen LogP contribution in [0.25, 0.3) is 0 Å². The first-order chi connectivity index (χ1) is 13.6. The van der Waals surface area contributed by atoms with E-state index in [9.17, 15) is 9.59 Å². The second-order valence-corrected chi connectivity index (χ2v) is 6.82. The molecule has 2 aromatic heterocycles. The van der Waals surface area contributed by atoms with Crippen LogP contribution in [0, 0.1) is 0 Å². The number of thioether (sulfide) groups is 1. The van der Waals surface area contributed by atoms with Gasteiger partial charge >= 0.3 is 0 Å². The Labute approximate surface area is 165 Å². The van der Waals surface area contributed by atoms with Crippen molar-refractivity contribution < 1.29 is 9.59 Å². The van der Waals surface area contributed by atoms with Crippen LogP contribution in [0.2, 0.25) is 0 Å². The molecule has 146 valence electrons. The summed E-state index contributed by atoms with van der Waals surface area (Å²) in [6.07, 6.45) is 4.41. The van der Waals surface area contributed by atoms with E-state index in [0.29, 0.717) is 23.0 Å². The van der Waals surface area contributed by atoms with Gasteiger partial charge in [-0.2, -0.15) is 5.10 Å². The predicted molar refractivity (Wildman–Crippen MR) is 104 cm³/mol. The van der Waals surface area contributed by atoms with Crippen LogP contribution in [0.15, 0.2) is 47.9 Å². The molecule has 0 aliphatic rings. The molecule has 0 spiro atoms. The summed E-state index contributed by atoms with van der Waals surface area (Å²) in [6.45, 7) is 1.31. The van der Waals surface area contributed by atoms with Gasteiger partial charge in [0.25, 0.3) is 5.91 Å². The number of carbonyl (C=O) groups is 2. The third-order valence-electron chi connectivity index (χ3n) is 3.75. The molecule has 3 aromatic rings. The van der Waals surface area contributed by atoms with Crippen molar-refractivity contribution in [1.82, 2.24) is 35.3 Å². The average molecular weight is 400 g/mol. The summed E-state index contributed by atoms with van der Waals surface area (Å²) in [4.78, 5) is 24.2. The largest absolute Gasteiger partial charge is 0.352 e. The highest BCUT2D eigenvalue weighted by Gasteiger charge is 2.09. The Morgan fingerprint density at radius 2 is 2.04 bits per heavy atom. The second kappa shape index (κ2) is 9.65. The Hall–Kier alpha value is -3.21. The summed E-state index contributed by atoms with van der Waals surface area (Å²) in [5.41, 5.74) is 1.16. The zero-order valence-electron chi connectivity index (χ0n) is 15.3. The molecule has 0 unspecified atom stereocenters. The van der Waals surface area contributed by atoms with Crippen molar-refractivity contribution in [3.8, 4) is 0 Å². The molecule has 2 heterocycles. The lowest BCUT2D eigenvalue weighted by Gasteiger charge is -2.08. The molecule has 10 nitrogen and oxygen atoms in total. The molecule has 28 heavy (non-hydrogen) atoms. The van der Waals surface area contributed by atoms with E-state index in [4.69, 9.17) is 0 Å². The second-order valence-electron chi connectivity index (χ2n) is 5.88. The van der Waals surface area contributed by atoms with Crippen LogP contribution in [0.4, 0.5) is 5.69 Å². The molecular weight excluding hydrogens is 380 g/mol. The highest BCUT2D eigenvalue weighted by atomic mass is 32.2. The molecule has 0 aliphatic carbocycles. The van der Waals surface area contributed by atoms with Gasteiger partial charge in [0, 0.05) is 43.8 Å². The smallest absolute Gasteiger partial charge is 0.251 e. The first-order valence-corrected chi connectivity index (χ1v) is 9.61. The van der Waals surface area contributed by atoms with E-state index in [-0.39, 0.29) is 17.6 Å². The molecule has 0 atom stereocenters. The van der Waals surface area contributed by atoms with Gasteiger partial charge in [-0.1, -0.05) is 11.8 Å².